The molecule has 0 aliphatic heterocycles. The lowest BCUT2D eigenvalue weighted by Crippen LogP contribution is -2.32. The van der Waals surface area contributed by atoms with Gasteiger partial charge in [-0.05, 0) is 61.9 Å². The Kier molecular flexibility index (Phi) is 8.33. The Balaban J connectivity index is 1.99. The van der Waals surface area contributed by atoms with E-state index in [4.69, 9.17) is 4.74 Å². The molecule has 2 aromatic rings. The zero-order chi connectivity index (χ0) is 21.3. The number of hydrogen-bond acceptors (Lipinski definition) is 5. The number of nitriles is 1. The standard InChI is InChI=1S/C24H31N3O2/c1-5-6-7-8-9-19-15-26-22(27-16-19)20-10-12-21(13-11-20)29-23(28)24(4,17-25)14-18(2)3/h10-13,15-16,18H,5-9,14H2,1-4H3. The molecule has 0 aliphatic carbocycles. The van der Waals surface area contributed by atoms with Crippen molar-refractivity contribution in [3.8, 4) is 23.2 Å². The number of aryl methyl sites for hydroxylation is 1. The third-order valence-electron chi connectivity index (χ3n) is 4.86. The third kappa shape index (κ3) is 6.67. The van der Waals surface area contributed by atoms with Crippen LogP contribution in [0.15, 0.2) is 36.7 Å². The minimum atomic E-state index is -1.15. The molecule has 29 heavy (non-hydrogen) atoms. The predicted octanol–water partition coefficient (Wildman–Crippen LogP) is 5.75. The van der Waals surface area contributed by atoms with E-state index in [1.807, 2.05) is 38.4 Å². The van der Waals surface area contributed by atoms with Crippen molar-refractivity contribution >= 4 is 5.97 Å². The fraction of sp³-hybridized carbons (Fsp3) is 0.500. The molecule has 1 unspecified atom stereocenters. The van der Waals surface area contributed by atoms with Gasteiger partial charge in [0.05, 0.1) is 6.07 Å². The first-order valence-electron chi connectivity index (χ1n) is 10.4. The van der Waals surface area contributed by atoms with Crippen molar-refractivity contribution in [1.82, 2.24) is 9.97 Å². The molecule has 2 rings (SSSR count). The Hall–Kier alpha value is -2.74. The van der Waals surface area contributed by atoms with Crippen LogP contribution in [0.4, 0.5) is 0 Å². The first-order valence-corrected chi connectivity index (χ1v) is 10.4. The van der Waals surface area contributed by atoms with Crippen LogP contribution in [0.3, 0.4) is 0 Å². The maximum absolute atomic E-state index is 12.5. The van der Waals surface area contributed by atoms with Crippen LogP contribution in [0, 0.1) is 22.7 Å². The van der Waals surface area contributed by atoms with E-state index in [2.05, 4.69) is 23.0 Å². The average Bonchev–Trinajstić information content (AvgIpc) is 2.71. The lowest BCUT2D eigenvalue weighted by Gasteiger charge is -2.21. The molecule has 0 bridgehead atoms. The van der Waals surface area contributed by atoms with Gasteiger partial charge in [0.2, 0.25) is 0 Å². The highest BCUT2D eigenvalue weighted by atomic mass is 16.5. The van der Waals surface area contributed by atoms with Crippen molar-refractivity contribution in [3.63, 3.8) is 0 Å². The summed E-state index contributed by atoms with van der Waals surface area (Å²) < 4.78 is 5.44. The Morgan fingerprint density at radius 3 is 2.34 bits per heavy atom. The summed E-state index contributed by atoms with van der Waals surface area (Å²) in [4.78, 5) is 21.4. The third-order valence-corrected chi connectivity index (χ3v) is 4.86. The summed E-state index contributed by atoms with van der Waals surface area (Å²) in [6.45, 7) is 7.79. The number of carbonyl (C=O) groups excluding carboxylic acids is 1. The van der Waals surface area contributed by atoms with Crippen molar-refractivity contribution in [2.24, 2.45) is 11.3 Å². The first kappa shape index (κ1) is 22.5. The van der Waals surface area contributed by atoms with Crippen LogP contribution < -0.4 is 4.74 Å². The van der Waals surface area contributed by atoms with Crippen molar-refractivity contribution in [2.75, 3.05) is 0 Å². The molecule has 1 atom stereocenters. The summed E-state index contributed by atoms with van der Waals surface area (Å²) in [7, 11) is 0. The van der Waals surface area contributed by atoms with E-state index in [-0.39, 0.29) is 5.92 Å². The van der Waals surface area contributed by atoms with Gasteiger partial charge in [-0.3, -0.25) is 0 Å². The van der Waals surface area contributed by atoms with Gasteiger partial charge in [-0.1, -0.05) is 40.0 Å². The molecular weight excluding hydrogens is 362 g/mol. The summed E-state index contributed by atoms with van der Waals surface area (Å²) >= 11 is 0. The van der Waals surface area contributed by atoms with Crippen LogP contribution >= 0.6 is 0 Å². The van der Waals surface area contributed by atoms with Crippen LogP contribution in [0.2, 0.25) is 0 Å². The van der Waals surface area contributed by atoms with Gasteiger partial charge < -0.3 is 4.74 Å². The Morgan fingerprint density at radius 1 is 1.14 bits per heavy atom. The fourth-order valence-electron chi connectivity index (χ4n) is 3.27. The van der Waals surface area contributed by atoms with Gasteiger partial charge in [0.25, 0.3) is 0 Å². The second-order valence-electron chi connectivity index (χ2n) is 8.18. The number of esters is 1. The molecule has 1 heterocycles. The van der Waals surface area contributed by atoms with Gasteiger partial charge in [-0.25, -0.2) is 14.8 Å². The maximum atomic E-state index is 12.5. The molecule has 0 radical (unpaired) electrons. The molecule has 0 spiro atoms. The van der Waals surface area contributed by atoms with E-state index in [0.717, 1.165) is 24.0 Å². The number of nitrogens with zero attached hydrogens (tertiary/aromatic N) is 3. The molecule has 0 saturated carbocycles. The van der Waals surface area contributed by atoms with Crippen molar-refractivity contribution in [1.29, 1.82) is 5.26 Å². The number of carbonyl (C=O) groups is 1. The molecule has 0 N–H and O–H groups in total. The number of ether oxygens (including phenoxy) is 1. The molecule has 154 valence electrons. The molecule has 0 fully saturated rings. The SMILES string of the molecule is CCCCCCc1cnc(-c2ccc(OC(=O)C(C)(C#N)CC(C)C)cc2)nc1. The summed E-state index contributed by atoms with van der Waals surface area (Å²) in [5.41, 5.74) is 0.854. The van der Waals surface area contributed by atoms with Gasteiger partial charge in [0.15, 0.2) is 11.2 Å². The second kappa shape index (κ2) is 10.7. The minimum absolute atomic E-state index is 0.223. The van der Waals surface area contributed by atoms with Gasteiger partial charge in [0, 0.05) is 18.0 Å². The van der Waals surface area contributed by atoms with Crippen LogP contribution in [-0.2, 0) is 11.2 Å². The quantitative estimate of drug-likeness (QED) is 0.292. The Bertz CT molecular complexity index is 823. The highest BCUT2D eigenvalue weighted by Crippen LogP contribution is 2.28. The number of rotatable bonds is 10. The van der Waals surface area contributed by atoms with Gasteiger partial charge in [-0.2, -0.15) is 5.26 Å². The van der Waals surface area contributed by atoms with Gasteiger partial charge in [0.1, 0.15) is 5.75 Å². The van der Waals surface area contributed by atoms with Gasteiger partial charge in [-0.15, -0.1) is 0 Å². The fourth-order valence-corrected chi connectivity index (χ4v) is 3.27. The molecule has 5 nitrogen and oxygen atoms in total. The number of benzene rings is 1. The molecule has 1 aromatic heterocycles. The monoisotopic (exact) mass is 393 g/mol. The van der Waals surface area contributed by atoms with E-state index in [1.54, 1.807) is 19.1 Å². The van der Waals surface area contributed by atoms with E-state index in [1.165, 1.54) is 19.3 Å². The van der Waals surface area contributed by atoms with Crippen LogP contribution in [-0.4, -0.2) is 15.9 Å². The van der Waals surface area contributed by atoms with Crippen LogP contribution in [0.1, 0.15) is 65.4 Å². The van der Waals surface area contributed by atoms with E-state index < -0.39 is 11.4 Å². The number of hydrogen-bond donors (Lipinski definition) is 0. The van der Waals surface area contributed by atoms with Gasteiger partial charge >= 0.3 is 5.97 Å². The van der Waals surface area contributed by atoms with Crippen LogP contribution in [0.25, 0.3) is 11.4 Å². The smallest absolute Gasteiger partial charge is 0.331 e. The zero-order valence-electron chi connectivity index (χ0n) is 17.9. The average molecular weight is 394 g/mol. The molecule has 0 aliphatic rings. The predicted molar refractivity (Wildman–Crippen MR) is 114 cm³/mol. The summed E-state index contributed by atoms with van der Waals surface area (Å²) in [5.74, 6) is 0.754. The van der Waals surface area contributed by atoms with Crippen molar-refractivity contribution < 1.29 is 9.53 Å². The molecular formula is C24H31N3O2. The van der Waals surface area contributed by atoms with Crippen molar-refractivity contribution in [2.45, 2.75) is 66.2 Å². The molecule has 5 heteroatoms. The normalized spacial score (nSPS) is 13.0. The maximum Gasteiger partial charge on any atom is 0.331 e. The largest absolute Gasteiger partial charge is 0.425 e. The Labute approximate surface area is 174 Å². The minimum Gasteiger partial charge on any atom is -0.425 e. The molecule has 1 aromatic carbocycles. The number of unbranched alkanes of at least 4 members (excludes halogenated alkanes) is 3. The highest BCUT2D eigenvalue weighted by Gasteiger charge is 2.36. The summed E-state index contributed by atoms with van der Waals surface area (Å²) in [5, 5.41) is 9.41. The zero-order valence-corrected chi connectivity index (χ0v) is 17.9. The first-order chi connectivity index (χ1) is 13.9. The number of aromatic nitrogens is 2. The lowest BCUT2D eigenvalue weighted by molar-refractivity contribution is -0.142. The molecule has 0 amide bonds. The summed E-state index contributed by atoms with van der Waals surface area (Å²) in [6.07, 6.45) is 10.1. The van der Waals surface area contributed by atoms with E-state index in [9.17, 15) is 10.1 Å². The van der Waals surface area contributed by atoms with E-state index >= 15 is 0 Å². The summed E-state index contributed by atoms with van der Waals surface area (Å²) in [6, 6.07) is 9.17. The van der Waals surface area contributed by atoms with Crippen molar-refractivity contribution in [3.05, 3.63) is 42.2 Å². The topological polar surface area (TPSA) is 75.9 Å². The van der Waals surface area contributed by atoms with Crippen LogP contribution in [0.5, 0.6) is 5.75 Å². The van der Waals surface area contributed by atoms with E-state index in [0.29, 0.717) is 18.0 Å². The second-order valence-corrected chi connectivity index (χ2v) is 8.18. The molecule has 0 saturated heterocycles. The highest BCUT2D eigenvalue weighted by molar-refractivity contribution is 5.81. The lowest BCUT2D eigenvalue weighted by atomic mass is 9.83. The Morgan fingerprint density at radius 2 is 1.79 bits per heavy atom.